The van der Waals surface area contributed by atoms with Crippen LogP contribution in [0.1, 0.15) is 129 Å². The van der Waals surface area contributed by atoms with Gasteiger partial charge in [0.1, 0.15) is 0 Å². The van der Waals surface area contributed by atoms with E-state index in [1.54, 1.807) is 0 Å². The lowest BCUT2D eigenvalue weighted by molar-refractivity contribution is -0.147. The van der Waals surface area contributed by atoms with Gasteiger partial charge in [0.15, 0.2) is 6.29 Å². The Labute approximate surface area is 171 Å². The Morgan fingerprint density at radius 2 is 0.889 bits per heavy atom. The summed E-state index contributed by atoms with van der Waals surface area (Å²) in [5, 5.41) is 0. The summed E-state index contributed by atoms with van der Waals surface area (Å²) < 4.78 is 12.0. The van der Waals surface area contributed by atoms with E-state index in [0.29, 0.717) is 0 Å². The molecule has 0 aromatic carbocycles. The summed E-state index contributed by atoms with van der Waals surface area (Å²) in [7, 11) is 0. The maximum absolute atomic E-state index is 5.98. The molecular formula is C24H51NO2. The van der Waals surface area contributed by atoms with Crippen LogP contribution in [0.2, 0.25) is 0 Å². The van der Waals surface area contributed by atoms with Crippen LogP contribution in [0.15, 0.2) is 0 Å². The largest absolute Gasteiger partial charge is 0.353 e. The highest BCUT2D eigenvalue weighted by Gasteiger charge is 2.08. The summed E-state index contributed by atoms with van der Waals surface area (Å²) >= 11 is 0. The first-order valence-corrected chi connectivity index (χ1v) is 12.3. The molecule has 27 heavy (non-hydrogen) atoms. The first-order valence-electron chi connectivity index (χ1n) is 12.3. The van der Waals surface area contributed by atoms with Crippen LogP contribution in [-0.2, 0) is 9.47 Å². The van der Waals surface area contributed by atoms with Crippen LogP contribution >= 0.6 is 0 Å². The Balaban J connectivity index is 3.53. The standard InChI is InChI=1S/C24H51NO2/c1-3-5-7-9-11-13-15-17-22-26-24(20-19-21-25)27-23-18-16-14-12-10-8-6-4-2/h24H,3-23,25H2,1-2H3. The summed E-state index contributed by atoms with van der Waals surface area (Å²) in [6, 6.07) is 0. The Bertz CT molecular complexity index is 239. The van der Waals surface area contributed by atoms with E-state index in [2.05, 4.69) is 13.8 Å². The molecule has 2 N–H and O–H groups in total. The van der Waals surface area contributed by atoms with Crippen LogP contribution in [-0.4, -0.2) is 26.0 Å². The van der Waals surface area contributed by atoms with Crippen LogP contribution in [0.3, 0.4) is 0 Å². The molecule has 0 bridgehead atoms. The molecule has 0 unspecified atom stereocenters. The van der Waals surface area contributed by atoms with E-state index in [1.165, 1.54) is 89.9 Å². The number of hydrogen-bond acceptors (Lipinski definition) is 3. The average Bonchev–Trinajstić information content (AvgIpc) is 2.68. The molecule has 0 fully saturated rings. The van der Waals surface area contributed by atoms with Gasteiger partial charge in [-0.25, -0.2) is 0 Å². The van der Waals surface area contributed by atoms with Gasteiger partial charge in [0.25, 0.3) is 0 Å². The highest BCUT2D eigenvalue weighted by molar-refractivity contribution is 4.51. The predicted molar refractivity (Wildman–Crippen MR) is 119 cm³/mol. The fourth-order valence-electron chi connectivity index (χ4n) is 3.40. The first-order chi connectivity index (χ1) is 13.3. The van der Waals surface area contributed by atoms with Gasteiger partial charge < -0.3 is 15.2 Å². The van der Waals surface area contributed by atoms with Crippen molar-refractivity contribution in [3.63, 3.8) is 0 Å². The molecule has 3 nitrogen and oxygen atoms in total. The van der Waals surface area contributed by atoms with Crippen molar-refractivity contribution in [3.8, 4) is 0 Å². The molecule has 0 aliphatic rings. The Hall–Kier alpha value is -0.120. The van der Waals surface area contributed by atoms with Gasteiger partial charge in [0.2, 0.25) is 0 Å². The van der Waals surface area contributed by atoms with Crippen LogP contribution in [0, 0.1) is 0 Å². The van der Waals surface area contributed by atoms with Crippen molar-refractivity contribution in [3.05, 3.63) is 0 Å². The van der Waals surface area contributed by atoms with Crippen molar-refractivity contribution < 1.29 is 9.47 Å². The van der Waals surface area contributed by atoms with Crippen molar-refractivity contribution in [2.24, 2.45) is 5.73 Å². The normalized spacial score (nSPS) is 11.6. The molecule has 0 aromatic heterocycles. The quantitative estimate of drug-likeness (QED) is 0.147. The van der Waals surface area contributed by atoms with Gasteiger partial charge in [-0.15, -0.1) is 0 Å². The number of nitrogens with two attached hydrogens (primary N) is 1. The molecule has 0 amide bonds. The summed E-state index contributed by atoms with van der Waals surface area (Å²) in [4.78, 5) is 0. The van der Waals surface area contributed by atoms with E-state index < -0.39 is 0 Å². The molecule has 0 radical (unpaired) electrons. The minimum absolute atomic E-state index is 0.0392. The number of unbranched alkanes of at least 4 members (excludes halogenated alkanes) is 14. The molecule has 0 spiro atoms. The number of rotatable bonds is 23. The second kappa shape index (κ2) is 23.9. The van der Waals surface area contributed by atoms with Crippen LogP contribution < -0.4 is 5.73 Å². The SMILES string of the molecule is CCCCCCCCCCOC(CCCN)OCCCCCCCCCC. The topological polar surface area (TPSA) is 44.5 Å². The minimum atomic E-state index is -0.0392. The lowest BCUT2D eigenvalue weighted by Gasteiger charge is -2.18. The highest BCUT2D eigenvalue weighted by atomic mass is 16.7. The van der Waals surface area contributed by atoms with Gasteiger partial charge in [-0.05, 0) is 32.2 Å². The second-order valence-corrected chi connectivity index (χ2v) is 8.05. The zero-order valence-electron chi connectivity index (χ0n) is 18.8. The maximum Gasteiger partial charge on any atom is 0.157 e. The zero-order chi connectivity index (χ0) is 19.8. The van der Waals surface area contributed by atoms with E-state index in [1.807, 2.05) is 0 Å². The third-order valence-electron chi connectivity index (χ3n) is 5.25. The minimum Gasteiger partial charge on any atom is -0.353 e. The zero-order valence-corrected chi connectivity index (χ0v) is 18.8. The highest BCUT2D eigenvalue weighted by Crippen LogP contribution is 2.12. The van der Waals surface area contributed by atoms with Crippen LogP contribution in [0.5, 0.6) is 0 Å². The van der Waals surface area contributed by atoms with Gasteiger partial charge in [0.05, 0.1) is 0 Å². The molecule has 0 saturated heterocycles. The Kier molecular flexibility index (Phi) is 23.8. The number of ether oxygens (including phenoxy) is 2. The van der Waals surface area contributed by atoms with E-state index in [-0.39, 0.29) is 6.29 Å². The predicted octanol–water partition coefficient (Wildman–Crippen LogP) is 7.37. The lowest BCUT2D eigenvalue weighted by Crippen LogP contribution is -2.20. The van der Waals surface area contributed by atoms with Gasteiger partial charge in [-0.1, -0.05) is 104 Å². The number of hydrogen-bond donors (Lipinski definition) is 1. The third kappa shape index (κ3) is 22.0. The van der Waals surface area contributed by atoms with E-state index in [9.17, 15) is 0 Å². The van der Waals surface area contributed by atoms with Crippen molar-refractivity contribution in [1.82, 2.24) is 0 Å². The summed E-state index contributed by atoms with van der Waals surface area (Å²) in [5.41, 5.74) is 5.65. The maximum atomic E-state index is 5.98. The summed E-state index contributed by atoms with van der Waals surface area (Å²) in [6.45, 7) is 6.94. The summed E-state index contributed by atoms with van der Waals surface area (Å²) in [5.74, 6) is 0. The monoisotopic (exact) mass is 385 g/mol. The lowest BCUT2D eigenvalue weighted by atomic mass is 10.1. The van der Waals surface area contributed by atoms with Gasteiger partial charge >= 0.3 is 0 Å². The molecule has 0 saturated carbocycles. The third-order valence-corrected chi connectivity index (χ3v) is 5.25. The molecule has 3 heteroatoms. The Morgan fingerprint density at radius 3 is 1.26 bits per heavy atom. The van der Waals surface area contributed by atoms with Crippen molar-refractivity contribution >= 4 is 0 Å². The van der Waals surface area contributed by atoms with Gasteiger partial charge in [-0.3, -0.25) is 0 Å². The first kappa shape index (κ1) is 26.9. The fourth-order valence-corrected chi connectivity index (χ4v) is 3.40. The molecule has 164 valence electrons. The Morgan fingerprint density at radius 1 is 0.519 bits per heavy atom. The molecule has 0 heterocycles. The van der Waals surface area contributed by atoms with Gasteiger partial charge in [-0.2, -0.15) is 0 Å². The molecule has 0 aliphatic heterocycles. The molecule has 0 rings (SSSR count). The van der Waals surface area contributed by atoms with Crippen LogP contribution in [0.4, 0.5) is 0 Å². The smallest absolute Gasteiger partial charge is 0.157 e. The van der Waals surface area contributed by atoms with E-state index in [0.717, 1.165) is 45.4 Å². The average molecular weight is 386 g/mol. The van der Waals surface area contributed by atoms with Gasteiger partial charge in [0, 0.05) is 13.2 Å². The van der Waals surface area contributed by atoms with E-state index >= 15 is 0 Å². The molecule has 0 aliphatic carbocycles. The molecule has 0 aromatic rings. The summed E-state index contributed by atoms with van der Waals surface area (Å²) in [6.07, 6.45) is 23.3. The fraction of sp³-hybridized carbons (Fsp3) is 1.00. The van der Waals surface area contributed by atoms with Crippen molar-refractivity contribution in [1.29, 1.82) is 0 Å². The molecular weight excluding hydrogens is 334 g/mol. The van der Waals surface area contributed by atoms with Crippen molar-refractivity contribution in [2.45, 2.75) is 136 Å². The van der Waals surface area contributed by atoms with E-state index in [4.69, 9.17) is 15.2 Å². The molecule has 0 atom stereocenters. The second-order valence-electron chi connectivity index (χ2n) is 8.05. The van der Waals surface area contributed by atoms with Crippen molar-refractivity contribution in [2.75, 3.05) is 19.8 Å². The van der Waals surface area contributed by atoms with Crippen LogP contribution in [0.25, 0.3) is 0 Å².